The Kier molecular flexibility index (Phi) is 4.88. The number of nitrogens with one attached hydrogen (secondary N) is 1. The third-order valence-electron chi connectivity index (χ3n) is 3.34. The summed E-state index contributed by atoms with van der Waals surface area (Å²) in [7, 11) is -1.00. The van der Waals surface area contributed by atoms with Gasteiger partial charge < -0.3 is 5.32 Å². The van der Waals surface area contributed by atoms with E-state index in [4.69, 9.17) is 0 Å². The first-order valence-electron chi connectivity index (χ1n) is 7.06. The summed E-state index contributed by atoms with van der Waals surface area (Å²) in [4.78, 5) is 5.45. The van der Waals surface area contributed by atoms with Crippen molar-refractivity contribution in [1.29, 1.82) is 0 Å². The molecule has 1 heterocycles. The van der Waals surface area contributed by atoms with E-state index in [2.05, 4.69) is 26.2 Å². The molecular formula is C18H15BrN2OS. The Morgan fingerprint density at radius 3 is 2.57 bits per heavy atom. The maximum Gasteiger partial charge on any atom is 0.131 e. The summed E-state index contributed by atoms with van der Waals surface area (Å²) in [6.07, 6.45) is 1.67. The fourth-order valence-corrected chi connectivity index (χ4v) is 3.27. The first-order valence-corrected chi connectivity index (χ1v) is 9.41. The standard InChI is InChI=1S/C18H15BrN2OS/c1-23(22)14-7-4-6-13(12-14)20-18-11-5-10-17(21-18)15-8-2-3-9-16(15)19/h2-12H,1H3,(H,20,21). The Labute approximate surface area is 146 Å². The molecular weight excluding hydrogens is 372 g/mol. The molecule has 3 rings (SSSR count). The van der Waals surface area contributed by atoms with Crippen molar-refractivity contribution in [3.05, 3.63) is 71.2 Å². The van der Waals surface area contributed by atoms with Gasteiger partial charge in [0, 0.05) is 37.7 Å². The predicted molar refractivity (Wildman–Crippen MR) is 99.4 cm³/mol. The molecule has 0 aliphatic carbocycles. The van der Waals surface area contributed by atoms with Gasteiger partial charge in [-0.05, 0) is 36.4 Å². The van der Waals surface area contributed by atoms with Crippen molar-refractivity contribution >= 4 is 38.2 Å². The average molecular weight is 387 g/mol. The Hall–Kier alpha value is -1.98. The number of benzene rings is 2. The van der Waals surface area contributed by atoms with Crippen molar-refractivity contribution in [2.24, 2.45) is 0 Å². The summed E-state index contributed by atoms with van der Waals surface area (Å²) in [5.74, 6) is 0.747. The zero-order valence-corrected chi connectivity index (χ0v) is 14.9. The molecule has 1 atom stereocenters. The average Bonchev–Trinajstić information content (AvgIpc) is 2.56. The maximum atomic E-state index is 11.6. The van der Waals surface area contributed by atoms with Gasteiger partial charge in [0.25, 0.3) is 0 Å². The molecule has 5 heteroatoms. The fourth-order valence-electron chi connectivity index (χ4n) is 2.22. The quantitative estimate of drug-likeness (QED) is 0.686. The second-order valence-electron chi connectivity index (χ2n) is 4.99. The number of rotatable bonds is 4. The van der Waals surface area contributed by atoms with Crippen LogP contribution in [0.15, 0.2) is 76.1 Å². The third kappa shape index (κ3) is 3.86. The van der Waals surface area contributed by atoms with Gasteiger partial charge in [0.1, 0.15) is 5.82 Å². The Morgan fingerprint density at radius 2 is 1.78 bits per heavy atom. The Bertz CT molecular complexity index is 867. The molecule has 0 spiro atoms. The molecule has 116 valence electrons. The molecule has 23 heavy (non-hydrogen) atoms. The van der Waals surface area contributed by atoms with Gasteiger partial charge >= 0.3 is 0 Å². The molecule has 0 amide bonds. The molecule has 1 aromatic heterocycles. The number of aromatic nitrogens is 1. The van der Waals surface area contributed by atoms with Crippen LogP contribution in [0.25, 0.3) is 11.3 Å². The van der Waals surface area contributed by atoms with Crippen molar-refractivity contribution in [1.82, 2.24) is 4.98 Å². The van der Waals surface area contributed by atoms with Gasteiger partial charge in [-0.1, -0.05) is 46.3 Å². The summed E-state index contributed by atoms with van der Waals surface area (Å²) in [6, 6.07) is 21.4. The third-order valence-corrected chi connectivity index (χ3v) is 4.95. The second kappa shape index (κ2) is 7.06. The topological polar surface area (TPSA) is 42.0 Å². The number of hydrogen-bond donors (Lipinski definition) is 1. The van der Waals surface area contributed by atoms with Crippen molar-refractivity contribution in [3.63, 3.8) is 0 Å². The van der Waals surface area contributed by atoms with Crippen LogP contribution in [0.4, 0.5) is 11.5 Å². The van der Waals surface area contributed by atoms with Gasteiger partial charge in [-0.3, -0.25) is 4.21 Å². The first kappa shape index (κ1) is 15.9. The number of nitrogens with zero attached hydrogens (tertiary/aromatic N) is 1. The molecule has 0 fully saturated rings. The highest BCUT2D eigenvalue weighted by Crippen LogP contribution is 2.28. The lowest BCUT2D eigenvalue weighted by Gasteiger charge is -2.09. The Morgan fingerprint density at radius 1 is 1.00 bits per heavy atom. The molecule has 0 saturated heterocycles. The molecule has 0 radical (unpaired) electrons. The summed E-state index contributed by atoms with van der Waals surface area (Å²) in [5, 5.41) is 3.27. The van der Waals surface area contributed by atoms with E-state index in [-0.39, 0.29) is 0 Å². The van der Waals surface area contributed by atoms with Gasteiger partial charge in [0.2, 0.25) is 0 Å². The van der Waals surface area contributed by atoms with E-state index < -0.39 is 10.8 Å². The summed E-state index contributed by atoms with van der Waals surface area (Å²) < 4.78 is 12.6. The predicted octanol–water partition coefficient (Wildman–Crippen LogP) is 4.99. The largest absolute Gasteiger partial charge is 0.340 e. The van der Waals surface area contributed by atoms with Crippen LogP contribution in [0.1, 0.15) is 0 Å². The highest BCUT2D eigenvalue weighted by atomic mass is 79.9. The minimum absolute atomic E-state index is 0.747. The SMILES string of the molecule is CS(=O)c1cccc(Nc2cccc(-c3ccccc3Br)n2)c1. The van der Waals surface area contributed by atoms with Crippen molar-refractivity contribution in [2.45, 2.75) is 4.90 Å². The van der Waals surface area contributed by atoms with Crippen LogP contribution in [0, 0.1) is 0 Å². The van der Waals surface area contributed by atoms with E-state index in [0.717, 1.165) is 32.1 Å². The number of anilines is 2. The molecule has 3 nitrogen and oxygen atoms in total. The van der Waals surface area contributed by atoms with Gasteiger partial charge in [0.15, 0.2) is 0 Å². The van der Waals surface area contributed by atoms with Crippen LogP contribution in [0.2, 0.25) is 0 Å². The zero-order chi connectivity index (χ0) is 16.2. The summed E-state index contributed by atoms with van der Waals surface area (Å²) in [5.41, 5.74) is 2.80. The van der Waals surface area contributed by atoms with E-state index in [9.17, 15) is 4.21 Å². The second-order valence-corrected chi connectivity index (χ2v) is 7.23. The number of hydrogen-bond acceptors (Lipinski definition) is 3. The minimum atomic E-state index is -1.00. The van der Waals surface area contributed by atoms with Crippen molar-refractivity contribution < 1.29 is 4.21 Å². The van der Waals surface area contributed by atoms with E-state index in [1.54, 1.807) is 6.26 Å². The number of halogens is 1. The van der Waals surface area contributed by atoms with Crippen LogP contribution in [-0.2, 0) is 10.8 Å². The zero-order valence-electron chi connectivity index (χ0n) is 12.5. The van der Waals surface area contributed by atoms with Crippen LogP contribution >= 0.6 is 15.9 Å². The van der Waals surface area contributed by atoms with Crippen LogP contribution in [-0.4, -0.2) is 15.4 Å². The van der Waals surface area contributed by atoms with Gasteiger partial charge in [-0.25, -0.2) is 4.98 Å². The first-order chi connectivity index (χ1) is 11.1. The van der Waals surface area contributed by atoms with Gasteiger partial charge in [-0.15, -0.1) is 0 Å². The molecule has 1 unspecified atom stereocenters. The Balaban J connectivity index is 1.90. The van der Waals surface area contributed by atoms with Crippen molar-refractivity contribution in [2.75, 3.05) is 11.6 Å². The molecule has 0 bridgehead atoms. The number of pyridine rings is 1. The van der Waals surface area contributed by atoms with E-state index in [0.29, 0.717) is 0 Å². The highest BCUT2D eigenvalue weighted by molar-refractivity contribution is 9.10. The normalized spacial score (nSPS) is 11.9. The lowest BCUT2D eigenvalue weighted by atomic mass is 10.1. The van der Waals surface area contributed by atoms with Gasteiger partial charge in [-0.2, -0.15) is 0 Å². The van der Waals surface area contributed by atoms with Crippen LogP contribution < -0.4 is 5.32 Å². The summed E-state index contributed by atoms with van der Waals surface area (Å²) in [6.45, 7) is 0. The van der Waals surface area contributed by atoms with E-state index in [1.807, 2.05) is 66.7 Å². The monoisotopic (exact) mass is 386 g/mol. The molecule has 0 aliphatic heterocycles. The smallest absolute Gasteiger partial charge is 0.131 e. The highest BCUT2D eigenvalue weighted by Gasteiger charge is 2.05. The van der Waals surface area contributed by atoms with Crippen LogP contribution in [0.5, 0.6) is 0 Å². The molecule has 2 aromatic carbocycles. The van der Waals surface area contributed by atoms with E-state index in [1.165, 1.54) is 0 Å². The summed E-state index contributed by atoms with van der Waals surface area (Å²) >= 11 is 3.56. The minimum Gasteiger partial charge on any atom is -0.340 e. The fraction of sp³-hybridized carbons (Fsp3) is 0.0556. The maximum absolute atomic E-state index is 11.6. The lowest BCUT2D eigenvalue weighted by molar-refractivity contribution is 0.687. The lowest BCUT2D eigenvalue weighted by Crippen LogP contribution is -1.96. The molecule has 0 aliphatic rings. The molecule has 0 saturated carbocycles. The van der Waals surface area contributed by atoms with Crippen LogP contribution in [0.3, 0.4) is 0 Å². The van der Waals surface area contributed by atoms with E-state index >= 15 is 0 Å². The van der Waals surface area contributed by atoms with Crippen molar-refractivity contribution in [3.8, 4) is 11.3 Å². The molecule has 1 N–H and O–H groups in total. The van der Waals surface area contributed by atoms with Gasteiger partial charge in [0.05, 0.1) is 5.69 Å². The molecule has 3 aromatic rings.